The minimum atomic E-state index is -5.62. The predicted molar refractivity (Wildman–Crippen MR) is 81.5 cm³/mol. The molecular formula is C2H14As6F6O19. The van der Waals surface area contributed by atoms with Crippen molar-refractivity contribution in [2.45, 2.75) is 6.92 Å². The molecule has 19 nitrogen and oxygen atoms in total. The van der Waals surface area contributed by atoms with E-state index < -0.39 is 93.8 Å². The van der Waals surface area contributed by atoms with Crippen LogP contribution in [0.15, 0.2) is 0 Å². The number of carbonyl (C=O) groups excluding carboxylic acids is 1. The summed E-state index contributed by atoms with van der Waals surface area (Å²) in [6.07, 6.45) is 0. The molecule has 1 unspecified atom stereocenters. The van der Waals surface area contributed by atoms with E-state index in [-0.39, 0.29) is 0 Å². The van der Waals surface area contributed by atoms with Crippen molar-refractivity contribution in [3.63, 3.8) is 0 Å². The summed E-state index contributed by atoms with van der Waals surface area (Å²) in [5.41, 5.74) is 0. The van der Waals surface area contributed by atoms with Gasteiger partial charge in [0.1, 0.15) is 0 Å². The van der Waals surface area contributed by atoms with Gasteiger partial charge in [-0.2, -0.15) is 0 Å². The summed E-state index contributed by atoms with van der Waals surface area (Å²) in [7, 11) is 0. The third-order valence-electron chi connectivity index (χ3n) is 0.241. The van der Waals surface area contributed by atoms with Crippen LogP contribution in [0.2, 0.25) is 0 Å². The molecule has 0 aromatic carbocycles. The molecule has 33 heavy (non-hydrogen) atoms. The SMILES string of the molecule is CC(=O)O[As](=O)(O)F.O=[As](O)(O)F.O=[As](O)(O)F.O=[As](O)(O)F.O=[As](O)(O)F.O=[As](O)(O)F. The third-order valence-corrected chi connectivity index (χ3v) is 1.25. The molecule has 0 saturated carbocycles. The van der Waals surface area contributed by atoms with Gasteiger partial charge in [0.2, 0.25) is 0 Å². The molecule has 0 bridgehead atoms. The van der Waals surface area contributed by atoms with Crippen molar-refractivity contribution in [3.8, 4) is 0 Å². The number of carbonyl (C=O) groups is 1. The second kappa shape index (κ2) is 19.9. The second-order valence-corrected chi connectivity index (χ2v) is 15.6. The molecule has 0 spiro atoms. The Kier molecular flexibility index (Phi) is 28.3. The van der Waals surface area contributed by atoms with Crippen molar-refractivity contribution in [1.82, 2.24) is 0 Å². The van der Waals surface area contributed by atoms with Gasteiger partial charge >= 0.3 is 198 Å². The van der Waals surface area contributed by atoms with E-state index >= 15 is 0 Å². The van der Waals surface area contributed by atoms with Crippen LogP contribution in [0.5, 0.6) is 0 Å². The van der Waals surface area contributed by atoms with Crippen LogP contribution >= 0.6 is 0 Å². The Balaban J connectivity index is -0.0000000671. The van der Waals surface area contributed by atoms with Crippen LogP contribution in [-0.4, -0.2) is 139 Å². The van der Waals surface area contributed by atoms with Gasteiger partial charge in [0.25, 0.3) is 0 Å². The quantitative estimate of drug-likeness (QED) is 0.0861. The van der Waals surface area contributed by atoms with E-state index in [0.29, 0.717) is 0 Å². The molecule has 1 atom stereocenters. The van der Waals surface area contributed by atoms with E-state index in [4.69, 9.17) is 63.7 Å². The van der Waals surface area contributed by atoms with E-state index in [1.54, 1.807) is 0 Å². The van der Waals surface area contributed by atoms with Crippen molar-refractivity contribution in [2.75, 3.05) is 0 Å². The fraction of sp³-hybridized carbons (Fsp3) is 0.500. The van der Waals surface area contributed by atoms with Crippen molar-refractivity contribution in [3.05, 3.63) is 0 Å². The molecule has 0 radical (unpaired) electrons. The summed E-state index contributed by atoms with van der Waals surface area (Å²) in [6, 6.07) is 0. The minimum absolute atomic E-state index is 0.851. The van der Waals surface area contributed by atoms with Gasteiger partial charge in [0.05, 0.1) is 0 Å². The molecule has 208 valence electrons. The van der Waals surface area contributed by atoms with E-state index in [2.05, 4.69) is 3.73 Å². The van der Waals surface area contributed by atoms with Crippen LogP contribution in [0.1, 0.15) is 6.92 Å². The standard InChI is InChI=1S/C2H4AsFO4.5AsFH2O3/c1-2(5)8-3(4,6)7;5*2-1(3,4)5/h1H3,(H,6,7);5*(H2,3,4,5). The predicted octanol–water partition coefficient (Wildman–Crippen LogP) is -6.59. The van der Waals surface area contributed by atoms with Crippen LogP contribution in [0.4, 0.5) is 20.8 Å². The monoisotopic (exact) mass is 906 g/mol. The average molecular weight is 906 g/mol. The van der Waals surface area contributed by atoms with Gasteiger partial charge in [-0.1, -0.05) is 0 Å². The van der Waals surface area contributed by atoms with E-state index in [1.165, 1.54) is 0 Å². The van der Waals surface area contributed by atoms with Crippen LogP contribution in [-0.2, 0) is 31.0 Å². The first-order valence-electron chi connectivity index (χ1n) is 5.40. The number of hydrogen-bond acceptors (Lipinski definition) is 8. The Hall–Kier alpha value is 0.761. The Morgan fingerprint density at radius 2 is 0.576 bits per heavy atom. The normalized spacial score (nSPS) is 13.0. The summed E-state index contributed by atoms with van der Waals surface area (Å²) in [6.45, 7) is 0.851. The molecule has 0 aromatic rings. The molecule has 0 aromatic heterocycles. The molecule has 0 fully saturated rings. The van der Waals surface area contributed by atoms with Gasteiger partial charge in [-0.15, -0.1) is 0 Å². The molecule has 0 rings (SSSR count). The summed E-state index contributed by atoms with van der Waals surface area (Å²) in [5.74, 6) is -1.09. The molecule has 0 aliphatic heterocycles. The topological polar surface area (TPSA) is 351 Å². The fourth-order valence-electron chi connectivity index (χ4n) is 0.159. The summed E-state index contributed by atoms with van der Waals surface area (Å²) in [5, 5.41) is 0. The van der Waals surface area contributed by atoms with Gasteiger partial charge in [-0.3, -0.25) is 0 Å². The van der Waals surface area contributed by atoms with Gasteiger partial charge in [-0.05, 0) is 0 Å². The summed E-state index contributed by atoms with van der Waals surface area (Å²) < 4.78 is 198. The molecular weight excluding hydrogens is 892 g/mol. The van der Waals surface area contributed by atoms with E-state index in [0.717, 1.165) is 6.92 Å². The summed E-state index contributed by atoms with van der Waals surface area (Å²) >= 11 is -33.7. The zero-order valence-corrected chi connectivity index (χ0v) is 25.9. The first-order valence-corrected chi connectivity index (χ1v) is 24.3. The first-order chi connectivity index (χ1) is 13.4. The zero-order valence-electron chi connectivity index (χ0n) is 14.6. The van der Waals surface area contributed by atoms with E-state index in [9.17, 15) is 29.3 Å². The molecule has 0 aliphatic rings. The fourth-order valence-corrected chi connectivity index (χ4v) is 0.824. The van der Waals surface area contributed by atoms with Gasteiger partial charge < -0.3 is 0 Å². The van der Waals surface area contributed by atoms with E-state index in [1.807, 2.05) is 0 Å². The zero-order chi connectivity index (χ0) is 29.3. The first kappa shape index (κ1) is 47.0. The number of hydrogen-bond donors (Lipinski definition) is 11. The average Bonchev–Trinajstić information content (AvgIpc) is 2.09. The van der Waals surface area contributed by atoms with Gasteiger partial charge in [0.15, 0.2) is 0 Å². The van der Waals surface area contributed by atoms with Crippen LogP contribution in [0.3, 0.4) is 0 Å². The third kappa shape index (κ3) is 934. The molecule has 11 N–H and O–H groups in total. The molecule has 0 saturated heterocycles. The number of halogens is 6. The Bertz CT molecular complexity index is 632. The van der Waals surface area contributed by atoms with Crippen LogP contribution in [0, 0.1) is 0 Å². The van der Waals surface area contributed by atoms with Crippen molar-refractivity contribution in [2.24, 2.45) is 0 Å². The summed E-state index contributed by atoms with van der Waals surface area (Å²) in [4.78, 5) is 9.68. The Morgan fingerprint density at radius 3 is 0.576 bits per heavy atom. The van der Waals surface area contributed by atoms with Gasteiger partial charge in [0, 0.05) is 0 Å². The van der Waals surface area contributed by atoms with Crippen LogP contribution < -0.4 is 0 Å². The van der Waals surface area contributed by atoms with Crippen molar-refractivity contribution >= 4 is 93.8 Å². The molecule has 0 aliphatic carbocycles. The molecule has 0 heterocycles. The molecule has 0 amide bonds. The van der Waals surface area contributed by atoms with Crippen molar-refractivity contribution < 1.29 is 96.8 Å². The second-order valence-electron chi connectivity index (χ2n) is 3.40. The number of rotatable bonds is 1. The Morgan fingerprint density at radius 1 is 0.485 bits per heavy atom. The Labute approximate surface area is 196 Å². The molecule has 31 heteroatoms. The maximum absolute atomic E-state index is 11.4. The maximum atomic E-state index is 11.4. The van der Waals surface area contributed by atoms with Gasteiger partial charge in [-0.25, -0.2) is 0 Å². The van der Waals surface area contributed by atoms with Crippen molar-refractivity contribution in [1.29, 1.82) is 0 Å². The van der Waals surface area contributed by atoms with Crippen LogP contribution in [0.25, 0.3) is 0 Å².